The maximum atomic E-state index is 13.9. The number of carbonyl (C=O) groups is 2. The fourth-order valence-corrected chi connectivity index (χ4v) is 5.82. The molecule has 1 atom stereocenters. The second-order valence-corrected chi connectivity index (χ2v) is 12.6. The van der Waals surface area contributed by atoms with Gasteiger partial charge in [-0.2, -0.15) is 0 Å². The first-order valence-electron chi connectivity index (χ1n) is 12.7. The van der Waals surface area contributed by atoms with Gasteiger partial charge in [0.05, 0.1) is 20.6 Å². The molecule has 0 spiro atoms. The number of hydrogen-bond acceptors (Lipinski definition) is 4. The summed E-state index contributed by atoms with van der Waals surface area (Å²) < 4.78 is 28.8. The molecular weight excluding hydrogens is 593 g/mol. The first-order chi connectivity index (χ1) is 18.8. The van der Waals surface area contributed by atoms with E-state index < -0.39 is 28.5 Å². The summed E-state index contributed by atoms with van der Waals surface area (Å²) in [6, 6.07) is 15.2. The molecule has 0 radical (unpaired) electrons. The van der Waals surface area contributed by atoms with Crippen LogP contribution in [0, 0.1) is 13.8 Å². The molecule has 0 bridgehead atoms. The van der Waals surface area contributed by atoms with E-state index in [2.05, 4.69) is 5.32 Å². The first-order valence-corrected chi connectivity index (χ1v) is 15.3. The number of nitrogens with one attached hydrogen (secondary N) is 1. The predicted octanol–water partition coefficient (Wildman–Crippen LogP) is 6.40. The minimum absolute atomic E-state index is 0.00348. The molecule has 3 aromatic rings. The van der Waals surface area contributed by atoms with E-state index in [1.165, 1.54) is 23.1 Å². The highest BCUT2D eigenvalue weighted by molar-refractivity contribution is 7.92. The quantitative estimate of drug-likeness (QED) is 0.267. The number of sulfonamides is 1. The van der Waals surface area contributed by atoms with E-state index in [1.807, 2.05) is 13.8 Å². The summed E-state index contributed by atoms with van der Waals surface area (Å²) in [7, 11) is -4.19. The van der Waals surface area contributed by atoms with Gasteiger partial charge in [-0.3, -0.25) is 13.9 Å². The monoisotopic (exact) mass is 623 g/mol. The molecule has 0 aliphatic rings. The van der Waals surface area contributed by atoms with Crippen LogP contribution in [0.15, 0.2) is 65.6 Å². The van der Waals surface area contributed by atoms with Crippen molar-refractivity contribution in [2.24, 2.45) is 0 Å². The van der Waals surface area contributed by atoms with Crippen LogP contribution in [0.25, 0.3) is 0 Å². The molecule has 11 heteroatoms. The number of amides is 2. The topological polar surface area (TPSA) is 86.8 Å². The smallest absolute Gasteiger partial charge is 0.264 e. The van der Waals surface area contributed by atoms with Crippen LogP contribution in [-0.2, 0) is 26.2 Å². The zero-order chi connectivity index (χ0) is 29.6. The summed E-state index contributed by atoms with van der Waals surface area (Å²) >= 11 is 18.6. The van der Waals surface area contributed by atoms with Gasteiger partial charge in [0.2, 0.25) is 11.8 Å². The zero-order valence-electron chi connectivity index (χ0n) is 22.7. The van der Waals surface area contributed by atoms with E-state index in [1.54, 1.807) is 56.3 Å². The molecule has 3 aromatic carbocycles. The van der Waals surface area contributed by atoms with Crippen molar-refractivity contribution in [3.8, 4) is 0 Å². The average Bonchev–Trinajstić information content (AvgIpc) is 2.92. The normalized spacial score (nSPS) is 12.1. The number of carbonyl (C=O) groups excluding carboxylic acids is 2. The molecule has 0 heterocycles. The van der Waals surface area contributed by atoms with E-state index in [-0.39, 0.29) is 23.0 Å². The Morgan fingerprint density at radius 3 is 2.17 bits per heavy atom. The largest absolute Gasteiger partial charge is 0.354 e. The molecule has 0 aliphatic heterocycles. The third-order valence-electron chi connectivity index (χ3n) is 6.38. The van der Waals surface area contributed by atoms with Crippen molar-refractivity contribution in [1.29, 1.82) is 0 Å². The van der Waals surface area contributed by atoms with Gasteiger partial charge in [0.25, 0.3) is 10.0 Å². The van der Waals surface area contributed by atoms with Crippen LogP contribution in [0.1, 0.15) is 37.0 Å². The Balaban J connectivity index is 2.05. The molecule has 0 saturated heterocycles. The Labute approximate surface area is 251 Å². The molecule has 2 amide bonds. The highest BCUT2D eigenvalue weighted by atomic mass is 35.5. The van der Waals surface area contributed by atoms with Crippen molar-refractivity contribution in [3.05, 3.63) is 92.4 Å². The van der Waals surface area contributed by atoms with E-state index in [0.29, 0.717) is 27.2 Å². The molecular formula is C29H32Cl3N3O4S. The van der Waals surface area contributed by atoms with Crippen molar-refractivity contribution in [2.45, 2.75) is 51.6 Å². The van der Waals surface area contributed by atoms with Gasteiger partial charge in [0, 0.05) is 18.1 Å². The van der Waals surface area contributed by atoms with Crippen LogP contribution in [0.5, 0.6) is 0 Å². The molecule has 1 N–H and O–H groups in total. The number of anilines is 1. The molecule has 0 fully saturated rings. The second kappa shape index (κ2) is 13.7. The number of aryl methyl sites for hydroxylation is 2. The molecule has 0 unspecified atom stereocenters. The van der Waals surface area contributed by atoms with Gasteiger partial charge < -0.3 is 10.2 Å². The Kier molecular flexibility index (Phi) is 10.9. The minimum atomic E-state index is -4.19. The molecule has 0 aromatic heterocycles. The Bertz CT molecular complexity index is 1480. The zero-order valence-corrected chi connectivity index (χ0v) is 25.8. The van der Waals surface area contributed by atoms with Crippen LogP contribution < -0.4 is 9.62 Å². The summed E-state index contributed by atoms with van der Waals surface area (Å²) in [5.74, 6) is -0.945. The van der Waals surface area contributed by atoms with Crippen LogP contribution in [-0.4, -0.2) is 44.3 Å². The lowest BCUT2D eigenvalue weighted by Crippen LogP contribution is -2.51. The van der Waals surface area contributed by atoms with Crippen molar-refractivity contribution in [3.63, 3.8) is 0 Å². The van der Waals surface area contributed by atoms with Crippen molar-refractivity contribution >= 4 is 62.3 Å². The average molecular weight is 625 g/mol. The van der Waals surface area contributed by atoms with Gasteiger partial charge in [-0.15, -0.1) is 0 Å². The summed E-state index contributed by atoms with van der Waals surface area (Å²) in [5, 5.41) is 3.81. The summed E-state index contributed by atoms with van der Waals surface area (Å²) in [6.07, 6.45) is 0.718. The Morgan fingerprint density at radius 1 is 0.900 bits per heavy atom. The Morgan fingerprint density at radius 2 is 1.57 bits per heavy atom. The maximum absolute atomic E-state index is 13.9. The summed E-state index contributed by atoms with van der Waals surface area (Å²) in [6.45, 7) is 7.04. The van der Waals surface area contributed by atoms with Gasteiger partial charge in [-0.25, -0.2) is 8.42 Å². The number of benzene rings is 3. The molecule has 0 saturated carbocycles. The third kappa shape index (κ3) is 7.69. The van der Waals surface area contributed by atoms with E-state index in [9.17, 15) is 18.0 Å². The van der Waals surface area contributed by atoms with Crippen molar-refractivity contribution in [2.75, 3.05) is 17.4 Å². The van der Waals surface area contributed by atoms with E-state index in [0.717, 1.165) is 21.9 Å². The van der Waals surface area contributed by atoms with Gasteiger partial charge in [-0.1, -0.05) is 71.6 Å². The summed E-state index contributed by atoms with van der Waals surface area (Å²) in [5.41, 5.74) is 2.50. The van der Waals surface area contributed by atoms with Crippen LogP contribution in [0.2, 0.25) is 15.1 Å². The van der Waals surface area contributed by atoms with Crippen molar-refractivity contribution in [1.82, 2.24) is 10.2 Å². The minimum Gasteiger partial charge on any atom is -0.354 e. The maximum Gasteiger partial charge on any atom is 0.264 e. The number of nitrogens with zero attached hydrogens (tertiary/aromatic N) is 2. The standard InChI is InChI=1S/C29H32Cl3N3O4S/c1-5-14-33-29(37)21(4)34(17-22-9-13-25(30)27(32)15-22)28(36)18-35(23-10-8-20(3)26(31)16-23)40(38,39)24-11-6-19(2)7-12-24/h6-13,15-16,21H,5,14,17-18H2,1-4H3,(H,33,37)/t21-/m1/s1. The summed E-state index contributed by atoms with van der Waals surface area (Å²) in [4.78, 5) is 28.2. The number of rotatable bonds is 11. The van der Waals surface area contributed by atoms with Crippen LogP contribution >= 0.6 is 34.8 Å². The molecule has 40 heavy (non-hydrogen) atoms. The fraction of sp³-hybridized carbons (Fsp3) is 0.310. The first kappa shape index (κ1) is 31.7. The van der Waals surface area contributed by atoms with Gasteiger partial charge >= 0.3 is 0 Å². The molecule has 214 valence electrons. The van der Waals surface area contributed by atoms with Crippen molar-refractivity contribution < 1.29 is 18.0 Å². The van der Waals surface area contributed by atoms with Gasteiger partial charge in [0.15, 0.2) is 0 Å². The van der Waals surface area contributed by atoms with E-state index in [4.69, 9.17) is 34.8 Å². The highest BCUT2D eigenvalue weighted by Gasteiger charge is 2.32. The number of halogens is 3. The predicted molar refractivity (Wildman–Crippen MR) is 162 cm³/mol. The molecule has 3 rings (SSSR count). The van der Waals surface area contributed by atoms with Gasteiger partial charge in [-0.05, 0) is 74.7 Å². The lowest BCUT2D eigenvalue weighted by atomic mass is 10.1. The van der Waals surface area contributed by atoms with Crippen LogP contribution in [0.4, 0.5) is 5.69 Å². The second-order valence-electron chi connectivity index (χ2n) is 9.50. The third-order valence-corrected chi connectivity index (χ3v) is 9.32. The number of hydrogen-bond donors (Lipinski definition) is 1. The Hall–Kier alpha value is -2.78. The molecule has 0 aliphatic carbocycles. The molecule has 7 nitrogen and oxygen atoms in total. The van der Waals surface area contributed by atoms with E-state index >= 15 is 0 Å². The van der Waals surface area contributed by atoms with Gasteiger partial charge in [0.1, 0.15) is 12.6 Å². The fourth-order valence-electron chi connectivity index (χ4n) is 3.92. The lowest BCUT2D eigenvalue weighted by molar-refractivity contribution is -0.139. The SMILES string of the molecule is CCCNC(=O)[C@@H](C)N(Cc1ccc(Cl)c(Cl)c1)C(=O)CN(c1ccc(C)c(Cl)c1)S(=O)(=O)c1ccc(C)cc1. The lowest BCUT2D eigenvalue weighted by Gasteiger charge is -2.32. The highest BCUT2D eigenvalue weighted by Crippen LogP contribution is 2.29. The van der Waals surface area contributed by atoms with Crippen LogP contribution in [0.3, 0.4) is 0 Å².